The average molecular weight is 434 g/mol. The number of carbonyl (C=O) groups excluding carboxylic acids is 2. The molecule has 0 atom stereocenters. The van der Waals surface area contributed by atoms with Gasteiger partial charge in [0, 0.05) is 24.4 Å². The molecule has 0 saturated heterocycles. The Labute approximate surface area is 191 Å². The maximum atomic E-state index is 12.4. The molecule has 0 spiro atoms. The summed E-state index contributed by atoms with van der Waals surface area (Å²) < 4.78 is 7.84. The zero-order valence-corrected chi connectivity index (χ0v) is 18.1. The fourth-order valence-electron chi connectivity index (χ4n) is 4.40. The number of benzene rings is 4. The Morgan fingerprint density at radius 3 is 2.15 bits per heavy atom. The van der Waals surface area contributed by atoms with Crippen molar-refractivity contribution in [2.24, 2.45) is 5.73 Å². The number of nitrogens with two attached hydrogens (primary N) is 1. The van der Waals surface area contributed by atoms with Gasteiger partial charge in [0.25, 0.3) is 0 Å². The predicted octanol–water partition coefficient (Wildman–Crippen LogP) is 5.53. The van der Waals surface area contributed by atoms with Gasteiger partial charge < -0.3 is 15.0 Å². The molecule has 0 saturated carbocycles. The molecule has 0 bridgehead atoms. The van der Waals surface area contributed by atoms with E-state index < -0.39 is 11.9 Å². The first-order valence-electron chi connectivity index (χ1n) is 10.7. The van der Waals surface area contributed by atoms with E-state index in [1.54, 1.807) is 6.07 Å². The molecule has 162 valence electrons. The molecule has 0 unspecified atom stereocenters. The van der Waals surface area contributed by atoms with Gasteiger partial charge in [-0.15, -0.1) is 0 Å². The van der Waals surface area contributed by atoms with E-state index in [1.807, 2.05) is 66.7 Å². The highest BCUT2D eigenvalue weighted by Crippen LogP contribution is 2.41. The smallest absolute Gasteiger partial charge is 0.308 e. The molecule has 33 heavy (non-hydrogen) atoms. The van der Waals surface area contributed by atoms with Crippen LogP contribution in [-0.2, 0) is 11.3 Å². The van der Waals surface area contributed by atoms with Crippen LogP contribution in [0.5, 0.6) is 5.75 Å². The van der Waals surface area contributed by atoms with Gasteiger partial charge >= 0.3 is 5.97 Å². The van der Waals surface area contributed by atoms with Crippen molar-refractivity contribution in [3.8, 4) is 16.9 Å². The maximum absolute atomic E-state index is 12.4. The van der Waals surface area contributed by atoms with Gasteiger partial charge in [-0.05, 0) is 41.0 Å². The fourth-order valence-corrected chi connectivity index (χ4v) is 4.40. The third-order valence-corrected chi connectivity index (χ3v) is 5.77. The number of amides is 1. The standard InChI is InChI=1S/C28H22N2O3/c1-18(31)33-25-16-21(20-11-6-3-7-12-20)15-24-27(25)26-22(28(29)32)13-8-14-23(26)30(24)17-19-9-4-2-5-10-19/h2-16H,17H2,1H3,(H2,29,32). The van der Waals surface area contributed by atoms with E-state index in [0.717, 1.165) is 27.7 Å². The van der Waals surface area contributed by atoms with Gasteiger partial charge in [0.2, 0.25) is 5.91 Å². The molecule has 1 aromatic heterocycles. The van der Waals surface area contributed by atoms with E-state index in [9.17, 15) is 9.59 Å². The molecule has 2 N–H and O–H groups in total. The second-order valence-electron chi connectivity index (χ2n) is 7.96. The summed E-state index contributed by atoms with van der Waals surface area (Å²) in [6.07, 6.45) is 0. The number of hydrogen-bond donors (Lipinski definition) is 1. The third-order valence-electron chi connectivity index (χ3n) is 5.77. The lowest BCUT2D eigenvalue weighted by atomic mass is 10.0. The molecule has 0 fully saturated rings. The molecule has 5 nitrogen and oxygen atoms in total. The molecular formula is C28H22N2O3. The van der Waals surface area contributed by atoms with E-state index in [1.165, 1.54) is 6.92 Å². The van der Waals surface area contributed by atoms with Crippen LogP contribution in [0, 0.1) is 0 Å². The van der Waals surface area contributed by atoms with Crippen LogP contribution in [0.1, 0.15) is 22.8 Å². The molecule has 5 aromatic rings. The monoisotopic (exact) mass is 434 g/mol. The zero-order valence-electron chi connectivity index (χ0n) is 18.1. The Morgan fingerprint density at radius 2 is 1.48 bits per heavy atom. The van der Waals surface area contributed by atoms with Crippen LogP contribution in [0.25, 0.3) is 32.9 Å². The minimum Gasteiger partial charge on any atom is -0.426 e. The summed E-state index contributed by atoms with van der Waals surface area (Å²) in [5, 5.41) is 1.39. The van der Waals surface area contributed by atoms with Crippen LogP contribution in [0.2, 0.25) is 0 Å². The van der Waals surface area contributed by atoms with E-state index in [4.69, 9.17) is 10.5 Å². The van der Waals surface area contributed by atoms with Gasteiger partial charge in [0.15, 0.2) is 0 Å². The number of hydrogen-bond acceptors (Lipinski definition) is 3. The highest BCUT2D eigenvalue weighted by molar-refractivity contribution is 6.20. The lowest BCUT2D eigenvalue weighted by Gasteiger charge is -2.11. The van der Waals surface area contributed by atoms with Gasteiger partial charge in [0.05, 0.1) is 16.4 Å². The van der Waals surface area contributed by atoms with Gasteiger partial charge in [-0.2, -0.15) is 0 Å². The molecule has 0 radical (unpaired) electrons. The number of carbonyl (C=O) groups is 2. The largest absolute Gasteiger partial charge is 0.426 e. The molecule has 5 heteroatoms. The number of primary amides is 1. The topological polar surface area (TPSA) is 74.3 Å². The summed E-state index contributed by atoms with van der Waals surface area (Å²) in [6, 6.07) is 29.4. The normalized spacial score (nSPS) is 11.1. The SMILES string of the molecule is CC(=O)Oc1cc(-c2ccccc2)cc2c1c1c(C(N)=O)cccc1n2Cc1ccccc1. The van der Waals surface area contributed by atoms with E-state index in [2.05, 4.69) is 22.8 Å². The molecule has 0 aliphatic heterocycles. The lowest BCUT2D eigenvalue weighted by molar-refractivity contribution is -0.131. The Morgan fingerprint density at radius 1 is 0.788 bits per heavy atom. The second kappa shape index (κ2) is 8.28. The van der Waals surface area contributed by atoms with Crippen LogP contribution >= 0.6 is 0 Å². The number of esters is 1. The fraction of sp³-hybridized carbons (Fsp3) is 0.0714. The summed E-state index contributed by atoms with van der Waals surface area (Å²) in [6.45, 7) is 1.96. The third kappa shape index (κ3) is 3.74. The van der Waals surface area contributed by atoms with E-state index >= 15 is 0 Å². The summed E-state index contributed by atoms with van der Waals surface area (Å²) in [7, 11) is 0. The minimum absolute atomic E-state index is 0.394. The molecule has 0 aliphatic rings. The Bertz CT molecular complexity index is 1500. The number of ether oxygens (including phenoxy) is 1. The molecule has 4 aromatic carbocycles. The Hall–Kier alpha value is -4.38. The molecule has 1 amide bonds. The first-order chi connectivity index (χ1) is 16.0. The van der Waals surface area contributed by atoms with E-state index in [0.29, 0.717) is 28.6 Å². The van der Waals surface area contributed by atoms with Crippen molar-refractivity contribution in [2.75, 3.05) is 0 Å². The van der Waals surface area contributed by atoms with Crippen molar-refractivity contribution in [1.82, 2.24) is 4.57 Å². The van der Waals surface area contributed by atoms with Crippen LogP contribution in [0.4, 0.5) is 0 Å². The molecule has 1 heterocycles. The first kappa shape index (κ1) is 20.5. The number of aromatic nitrogens is 1. The second-order valence-corrected chi connectivity index (χ2v) is 7.96. The number of nitrogens with zero attached hydrogens (tertiary/aromatic N) is 1. The van der Waals surface area contributed by atoms with Gasteiger partial charge in [-0.1, -0.05) is 66.7 Å². The summed E-state index contributed by atoms with van der Waals surface area (Å²) in [5.41, 5.74) is 10.9. The van der Waals surface area contributed by atoms with Crippen molar-refractivity contribution >= 4 is 33.7 Å². The zero-order chi connectivity index (χ0) is 22.9. The van der Waals surface area contributed by atoms with Crippen molar-refractivity contribution < 1.29 is 14.3 Å². The minimum atomic E-state index is -0.528. The van der Waals surface area contributed by atoms with Crippen molar-refractivity contribution in [3.05, 3.63) is 102 Å². The van der Waals surface area contributed by atoms with Crippen molar-refractivity contribution in [3.63, 3.8) is 0 Å². The van der Waals surface area contributed by atoms with Crippen molar-refractivity contribution in [2.45, 2.75) is 13.5 Å². The Kier molecular flexibility index (Phi) is 5.15. The van der Waals surface area contributed by atoms with Crippen LogP contribution in [0.3, 0.4) is 0 Å². The van der Waals surface area contributed by atoms with Gasteiger partial charge in [0.1, 0.15) is 5.75 Å². The molecular weight excluding hydrogens is 412 g/mol. The first-order valence-corrected chi connectivity index (χ1v) is 10.7. The summed E-state index contributed by atoms with van der Waals surface area (Å²) in [4.78, 5) is 24.4. The average Bonchev–Trinajstić information content (AvgIpc) is 3.13. The van der Waals surface area contributed by atoms with E-state index in [-0.39, 0.29) is 0 Å². The molecule has 0 aliphatic carbocycles. The van der Waals surface area contributed by atoms with Crippen molar-refractivity contribution in [1.29, 1.82) is 0 Å². The Balaban J connectivity index is 1.91. The predicted molar refractivity (Wildman–Crippen MR) is 130 cm³/mol. The van der Waals surface area contributed by atoms with Crippen LogP contribution < -0.4 is 10.5 Å². The summed E-state index contributed by atoms with van der Waals surface area (Å²) >= 11 is 0. The maximum Gasteiger partial charge on any atom is 0.308 e. The highest BCUT2D eigenvalue weighted by atomic mass is 16.5. The quantitative estimate of drug-likeness (QED) is 0.292. The van der Waals surface area contributed by atoms with Gasteiger partial charge in [-0.3, -0.25) is 9.59 Å². The lowest BCUT2D eigenvalue weighted by Crippen LogP contribution is -2.11. The van der Waals surface area contributed by atoms with Crippen LogP contribution in [-0.4, -0.2) is 16.4 Å². The van der Waals surface area contributed by atoms with Crippen LogP contribution in [0.15, 0.2) is 91.0 Å². The number of rotatable bonds is 5. The highest BCUT2D eigenvalue weighted by Gasteiger charge is 2.22. The molecule has 5 rings (SSSR count). The number of fused-ring (bicyclic) bond motifs is 3. The van der Waals surface area contributed by atoms with Gasteiger partial charge in [-0.25, -0.2) is 0 Å². The summed E-state index contributed by atoms with van der Waals surface area (Å²) in [5.74, 6) is -0.549.